The van der Waals surface area contributed by atoms with Crippen LogP contribution >= 0.6 is 11.8 Å². The summed E-state index contributed by atoms with van der Waals surface area (Å²) in [5.74, 6) is 1.66. The number of benzene rings is 2. The van der Waals surface area contributed by atoms with Crippen LogP contribution in [0.3, 0.4) is 0 Å². The minimum atomic E-state index is -0.552. The van der Waals surface area contributed by atoms with Gasteiger partial charge in [-0.1, -0.05) is 35.9 Å². The molecule has 0 radical (unpaired) electrons. The first-order valence-corrected chi connectivity index (χ1v) is 9.04. The second kappa shape index (κ2) is 9.33. The molecule has 1 amide bonds. The van der Waals surface area contributed by atoms with Gasteiger partial charge in [0, 0.05) is 18.1 Å². The molecule has 0 heterocycles. The van der Waals surface area contributed by atoms with E-state index < -0.39 is 6.10 Å². The number of hydrogen-bond acceptors (Lipinski definition) is 3. The molecule has 0 aromatic heterocycles. The van der Waals surface area contributed by atoms with Crippen LogP contribution in [-0.2, 0) is 10.5 Å². The number of rotatable bonds is 8. The van der Waals surface area contributed by atoms with Crippen molar-refractivity contribution in [1.29, 1.82) is 0 Å². The van der Waals surface area contributed by atoms with Crippen LogP contribution in [0.15, 0.2) is 48.5 Å². The normalized spacial score (nSPS) is 11.8. The SMILES string of the molecule is Cc1ccc(O[C@@H](C)C(=O)NCCSCc2ccccc2F)cc1. The molecule has 0 fully saturated rings. The summed E-state index contributed by atoms with van der Waals surface area (Å²) in [6.45, 7) is 4.25. The zero-order valence-corrected chi connectivity index (χ0v) is 14.7. The molecule has 0 aliphatic carbocycles. The Labute approximate surface area is 146 Å². The molecule has 0 saturated heterocycles. The fraction of sp³-hybridized carbons (Fsp3) is 0.316. The van der Waals surface area contributed by atoms with Crippen LogP contribution in [0.5, 0.6) is 5.75 Å². The first-order chi connectivity index (χ1) is 11.6. The summed E-state index contributed by atoms with van der Waals surface area (Å²) in [7, 11) is 0. The summed E-state index contributed by atoms with van der Waals surface area (Å²) in [5, 5.41) is 2.84. The largest absolute Gasteiger partial charge is 0.481 e. The molecule has 0 spiro atoms. The zero-order chi connectivity index (χ0) is 17.4. The number of ether oxygens (including phenoxy) is 1. The third-order valence-corrected chi connectivity index (χ3v) is 4.47. The fourth-order valence-corrected chi connectivity index (χ4v) is 2.91. The van der Waals surface area contributed by atoms with Gasteiger partial charge in [0.25, 0.3) is 5.91 Å². The Kier molecular flexibility index (Phi) is 7.12. The Balaban J connectivity index is 1.65. The summed E-state index contributed by atoms with van der Waals surface area (Å²) in [6, 6.07) is 14.3. The number of thioether (sulfide) groups is 1. The lowest BCUT2D eigenvalue weighted by atomic mass is 10.2. The quantitative estimate of drug-likeness (QED) is 0.735. The van der Waals surface area contributed by atoms with E-state index in [0.717, 1.165) is 11.3 Å². The van der Waals surface area contributed by atoms with Crippen molar-refractivity contribution in [2.24, 2.45) is 0 Å². The lowest BCUT2D eigenvalue weighted by Crippen LogP contribution is -2.37. The second-order valence-corrected chi connectivity index (χ2v) is 6.61. The molecular weight excluding hydrogens is 325 g/mol. The monoisotopic (exact) mass is 347 g/mol. The average Bonchev–Trinajstić information content (AvgIpc) is 2.58. The molecule has 0 saturated carbocycles. The Bertz CT molecular complexity index is 661. The molecule has 1 atom stereocenters. The van der Waals surface area contributed by atoms with Crippen LogP contribution in [0.1, 0.15) is 18.1 Å². The number of carbonyl (C=O) groups excluding carboxylic acids is 1. The molecule has 5 heteroatoms. The van der Waals surface area contributed by atoms with Gasteiger partial charge in [-0.25, -0.2) is 4.39 Å². The predicted octanol–water partition coefficient (Wildman–Crippen LogP) is 3.95. The van der Waals surface area contributed by atoms with E-state index in [1.165, 1.54) is 6.07 Å². The zero-order valence-electron chi connectivity index (χ0n) is 13.9. The number of nitrogens with one attached hydrogen (secondary N) is 1. The summed E-state index contributed by atoms with van der Waals surface area (Å²) in [4.78, 5) is 12.0. The lowest BCUT2D eigenvalue weighted by Gasteiger charge is -2.14. The summed E-state index contributed by atoms with van der Waals surface area (Å²) in [5.41, 5.74) is 1.83. The van der Waals surface area contributed by atoms with Gasteiger partial charge < -0.3 is 10.1 Å². The lowest BCUT2D eigenvalue weighted by molar-refractivity contribution is -0.127. The van der Waals surface area contributed by atoms with E-state index in [2.05, 4.69) is 5.32 Å². The van der Waals surface area contributed by atoms with Crippen LogP contribution in [0.4, 0.5) is 4.39 Å². The van der Waals surface area contributed by atoms with Crippen LogP contribution in [0, 0.1) is 12.7 Å². The average molecular weight is 347 g/mol. The molecule has 2 aromatic rings. The maximum atomic E-state index is 13.5. The van der Waals surface area contributed by atoms with Gasteiger partial charge in [0.2, 0.25) is 0 Å². The summed E-state index contributed by atoms with van der Waals surface area (Å²) >= 11 is 1.58. The number of hydrogen-bond donors (Lipinski definition) is 1. The highest BCUT2D eigenvalue weighted by Gasteiger charge is 2.13. The predicted molar refractivity (Wildman–Crippen MR) is 96.8 cm³/mol. The molecule has 3 nitrogen and oxygen atoms in total. The van der Waals surface area contributed by atoms with Gasteiger partial charge in [-0.15, -0.1) is 0 Å². The molecule has 24 heavy (non-hydrogen) atoms. The maximum Gasteiger partial charge on any atom is 0.260 e. The number of amides is 1. The highest BCUT2D eigenvalue weighted by Crippen LogP contribution is 2.15. The van der Waals surface area contributed by atoms with E-state index in [4.69, 9.17) is 4.74 Å². The minimum absolute atomic E-state index is 0.151. The van der Waals surface area contributed by atoms with E-state index in [1.807, 2.05) is 37.3 Å². The number of halogens is 1. The molecule has 0 aliphatic heterocycles. The van der Waals surface area contributed by atoms with Crippen molar-refractivity contribution in [1.82, 2.24) is 5.32 Å². The minimum Gasteiger partial charge on any atom is -0.481 e. The molecule has 0 bridgehead atoms. The van der Waals surface area contributed by atoms with E-state index in [1.54, 1.807) is 30.8 Å². The smallest absolute Gasteiger partial charge is 0.260 e. The summed E-state index contributed by atoms with van der Waals surface area (Å²) < 4.78 is 19.1. The third-order valence-electron chi connectivity index (χ3n) is 3.46. The van der Waals surface area contributed by atoms with E-state index >= 15 is 0 Å². The van der Waals surface area contributed by atoms with Crippen molar-refractivity contribution in [2.45, 2.75) is 25.7 Å². The van der Waals surface area contributed by atoms with Crippen LogP contribution in [-0.4, -0.2) is 24.3 Å². The molecule has 0 aliphatic rings. The number of carbonyl (C=O) groups is 1. The van der Waals surface area contributed by atoms with Crippen molar-refractivity contribution < 1.29 is 13.9 Å². The molecule has 2 aromatic carbocycles. The maximum absolute atomic E-state index is 13.5. The van der Waals surface area contributed by atoms with Gasteiger partial charge >= 0.3 is 0 Å². The van der Waals surface area contributed by atoms with E-state index in [-0.39, 0.29) is 11.7 Å². The fourth-order valence-electron chi connectivity index (χ4n) is 2.06. The topological polar surface area (TPSA) is 38.3 Å². The van der Waals surface area contributed by atoms with Crippen molar-refractivity contribution in [3.05, 3.63) is 65.5 Å². The number of aryl methyl sites for hydroxylation is 1. The van der Waals surface area contributed by atoms with E-state index in [0.29, 0.717) is 23.6 Å². The van der Waals surface area contributed by atoms with Crippen molar-refractivity contribution >= 4 is 17.7 Å². The standard InChI is InChI=1S/C19H22FNO2S/c1-14-7-9-17(10-8-14)23-15(2)19(22)21-11-12-24-13-16-5-3-4-6-18(16)20/h3-10,15H,11-13H2,1-2H3,(H,21,22)/t15-/m0/s1. The Morgan fingerprint density at radius 2 is 1.92 bits per heavy atom. The van der Waals surface area contributed by atoms with Gasteiger partial charge in [0.15, 0.2) is 6.10 Å². The van der Waals surface area contributed by atoms with Gasteiger partial charge in [-0.05, 0) is 37.6 Å². The van der Waals surface area contributed by atoms with Gasteiger partial charge in [-0.3, -0.25) is 4.79 Å². The first-order valence-electron chi connectivity index (χ1n) is 7.88. The molecule has 128 valence electrons. The van der Waals surface area contributed by atoms with Crippen molar-refractivity contribution in [3.8, 4) is 5.75 Å². The molecule has 0 unspecified atom stereocenters. The van der Waals surface area contributed by atoms with Crippen molar-refractivity contribution in [2.75, 3.05) is 12.3 Å². The Morgan fingerprint density at radius 1 is 1.21 bits per heavy atom. The molecule has 1 N–H and O–H groups in total. The van der Waals surface area contributed by atoms with Gasteiger partial charge in [0.05, 0.1) is 0 Å². The van der Waals surface area contributed by atoms with Crippen LogP contribution < -0.4 is 10.1 Å². The molecule has 2 rings (SSSR count). The van der Waals surface area contributed by atoms with Crippen LogP contribution in [0.25, 0.3) is 0 Å². The highest BCUT2D eigenvalue weighted by molar-refractivity contribution is 7.98. The first kappa shape index (κ1) is 18.3. The summed E-state index contributed by atoms with van der Waals surface area (Å²) in [6.07, 6.45) is -0.552. The highest BCUT2D eigenvalue weighted by atomic mass is 32.2. The Hall–Kier alpha value is -2.01. The second-order valence-electron chi connectivity index (χ2n) is 5.51. The third kappa shape index (κ3) is 5.89. The van der Waals surface area contributed by atoms with Crippen LogP contribution in [0.2, 0.25) is 0 Å². The van der Waals surface area contributed by atoms with Gasteiger partial charge in [0.1, 0.15) is 11.6 Å². The Morgan fingerprint density at radius 3 is 2.62 bits per heavy atom. The van der Waals surface area contributed by atoms with Crippen molar-refractivity contribution in [3.63, 3.8) is 0 Å². The van der Waals surface area contributed by atoms with Gasteiger partial charge in [-0.2, -0.15) is 11.8 Å². The van der Waals surface area contributed by atoms with E-state index in [9.17, 15) is 9.18 Å². The molecular formula is C19H22FNO2S.